The van der Waals surface area contributed by atoms with Crippen LogP contribution in [0.4, 0.5) is 0 Å². The Balaban J connectivity index is 1.56. The Hall–Kier alpha value is -2.25. The molecule has 146 valence electrons. The van der Waals surface area contributed by atoms with Crippen molar-refractivity contribution in [2.75, 3.05) is 26.8 Å². The normalized spacial score (nSPS) is 19.0. The van der Waals surface area contributed by atoms with E-state index in [4.69, 9.17) is 9.26 Å². The molecule has 2 aromatic rings. The third-order valence-electron chi connectivity index (χ3n) is 4.82. The summed E-state index contributed by atoms with van der Waals surface area (Å²) in [5.74, 6) is 1.26. The van der Waals surface area contributed by atoms with Gasteiger partial charge in [-0.15, -0.1) is 0 Å². The fraction of sp³-hybridized carbons (Fsp3) is 0.550. The highest BCUT2D eigenvalue weighted by molar-refractivity contribution is 5.79. The van der Waals surface area contributed by atoms with Crippen LogP contribution < -0.4 is 5.32 Å². The standard InChI is InChI=1S/C20H28N4O3/c1-14-6-8-16(9-7-14)19-22-18(27-23-19)12-24-10-4-5-17(11-24)20(25)21-15(2)13-26-3/h6-9,15,17H,4-5,10-13H2,1-3H3,(H,21,25). The molecule has 2 atom stereocenters. The van der Waals surface area contributed by atoms with Gasteiger partial charge in [-0.1, -0.05) is 35.0 Å². The molecule has 1 aromatic heterocycles. The van der Waals surface area contributed by atoms with Gasteiger partial charge in [-0.3, -0.25) is 9.69 Å². The minimum Gasteiger partial charge on any atom is -0.383 e. The molecule has 0 bridgehead atoms. The van der Waals surface area contributed by atoms with Crippen molar-refractivity contribution in [3.8, 4) is 11.4 Å². The van der Waals surface area contributed by atoms with Crippen molar-refractivity contribution in [3.63, 3.8) is 0 Å². The van der Waals surface area contributed by atoms with E-state index in [1.165, 1.54) is 5.56 Å². The van der Waals surface area contributed by atoms with E-state index < -0.39 is 0 Å². The Kier molecular flexibility index (Phi) is 6.58. The molecule has 2 unspecified atom stereocenters. The first-order valence-electron chi connectivity index (χ1n) is 9.46. The lowest BCUT2D eigenvalue weighted by Gasteiger charge is -2.31. The van der Waals surface area contributed by atoms with Gasteiger partial charge in [0.05, 0.1) is 19.1 Å². The number of carbonyl (C=O) groups is 1. The zero-order chi connectivity index (χ0) is 19.2. The second-order valence-corrected chi connectivity index (χ2v) is 7.32. The number of benzene rings is 1. The summed E-state index contributed by atoms with van der Waals surface area (Å²) in [5.41, 5.74) is 2.14. The summed E-state index contributed by atoms with van der Waals surface area (Å²) in [7, 11) is 1.64. The summed E-state index contributed by atoms with van der Waals surface area (Å²) >= 11 is 0. The van der Waals surface area contributed by atoms with Crippen molar-refractivity contribution in [1.82, 2.24) is 20.4 Å². The van der Waals surface area contributed by atoms with Crippen molar-refractivity contribution < 1.29 is 14.1 Å². The highest BCUT2D eigenvalue weighted by atomic mass is 16.5. The fourth-order valence-electron chi connectivity index (χ4n) is 3.40. The average Bonchev–Trinajstić information content (AvgIpc) is 3.11. The minimum atomic E-state index is -0.0162. The highest BCUT2D eigenvalue weighted by Gasteiger charge is 2.27. The number of piperidine rings is 1. The van der Waals surface area contributed by atoms with E-state index in [2.05, 4.69) is 20.4 Å². The van der Waals surface area contributed by atoms with Crippen LogP contribution in [0.3, 0.4) is 0 Å². The quantitative estimate of drug-likeness (QED) is 0.804. The Morgan fingerprint density at radius 3 is 2.93 bits per heavy atom. The zero-order valence-corrected chi connectivity index (χ0v) is 16.3. The van der Waals surface area contributed by atoms with Crippen LogP contribution in [-0.4, -0.2) is 53.8 Å². The lowest BCUT2D eigenvalue weighted by Crippen LogP contribution is -2.46. The van der Waals surface area contributed by atoms with Gasteiger partial charge in [-0.2, -0.15) is 4.98 Å². The summed E-state index contributed by atoms with van der Waals surface area (Å²) in [5, 5.41) is 7.11. The van der Waals surface area contributed by atoms with E-state index >= 15 is 0 Å². The maximum Gasteiger partial charge on any atom is 0.241 e. The SMILES string of the molecule is COCC(C)NC(=O)C1CCCN(Cc2nc(-c3ccc(C)cc3)no2)C1. The molecule has 0 radical (unpaired) electrons. The monoisotopic (exact) mass is 372 g/mol. The summed E-state index contributed by atoms with van der Waals surface area (Å²) in [6, 6.07) is 8.07. The maximum atomic E-state index is 12.5. The van der Waals surface area contributed by atoms with Crippen molar-refractivity contribution in [3.05, 3.63) is 35.7 Å². The molecule has 0 spiro atoms. The molecular formula is C20H28N4O3. The van der Waals surface area contributed by atoms with Gasteiger partial charge in [0.1, 0.15) is 0 Å². The molecular weight excluding hydrogens is 344 g/mol. The number of hydrogen-bond donors (Lipinski definition) is 1. The molecule has 1 aliphatic rings. The molecule has 1 aliphatic heterocycles. The van der Waals surface area contributed by atoms with Gasteiger partial charge in [0.15, 0.2) is 0 Å². The lowest BCUT2D eigenvalue weighted by atomic mass is 9.97. The second-order valence-electron chi connectivity index (χ2n) is 7.32. The number of ether oxygens (including phenoxy) is 1. The van der Waals surface area contributed by atoms with Crippen LogP contribution >= 0.6 is 0 Å². The molecule has 0 saturated carbocycles. The van der Waals surface area contributed by atoms with E-state index in [0.29, 0.717) is 31.4 Å². The van der Waals surface area contributed by atoms with E-state index in [9.17, 15) is 4.79 Å². The van der Waals surface area contributed by atoms with Crippen molar-refractivity contribution in [2.24, 2.45) is 5.92 Å². The van der Waals surface area contributed by atoms with Crippen LogP contribution in [0.15, 0.2) is 28.8 Å². The number of carbonyl (C=O) groups excluding carboxylic acids is 1. The van der Waals surface area contributed by atoms with Gasteiger partial charge in [0, 0.05) is 25.3 Å². The molecule has 1 amide bonds. The number of nitrogens with zero attached hydrogens (tertiary/aromatic N) is 3. The number of nitrogens with one attached hydrogen (secondary N) is 1. The largest absolute Gasteiger partial charge is 0.383 e. The summed E-state index contributed by atoms with van der Waals surface area (Å²) < 4.78 is 10.5. The smallest absolute Gasteiger partial charge is 0.241 e. The highest BCUT2D eigenvalue weighted by Crippen LogP contribution is 2.20. The number of hydrogen-bond acceptors (Lipinski definition) is 6. The van der Waals surface area contributed by atoms with Crippen molar-refractivity contribution >= 4 is 5.91 Å². The summed E-state index contributed by atoms with van der Waals surface area (Å²) in [6.07, 6.45) is 1.89. The predicted octanol–water partition coefficient (Wildman–Crippen LogP) is 2.41. The predicted molar refractivity (Wildman–Crippen MR) is 102 cm³/mol. The molecule has 3 rings (SSSR count). The van der Waals surface area contributed by atoms with E-state index in [1.54, 1.807) is 7.11 Å². The molecule has 2 heterocycles. The van der Waals surface area contributed by atoms with Gasteiger partial charge in [0.25, 0.3) is 0 Å². The van der Waals surface area contributed by atoms with Gasteiger partial charge in [-0.25, -0.2) is 0 Å². The average molecular weight is 372 g/mol. The Bertz CT molecular complexity index is 744. The maximum absolute atomic E-state index is 12.5. The molecule has 1 fully saturated rings. The van der Waals surface area contributed by atoms with E-state index in [0.717, 1.165) is 24.9 Å². The minimum absolute atomic E-state index is 0.0162. The van der Waals surface area contributed by atoms with Crippen LogP contribution in [-0.2, 0) is 16.1 Å². The van der Waals surface area contributed by atoms with Crippen molar-refractivity contribution in [2.45, 2.75) is 39.3 Å². The molecule has 27 heavy (non-hydrogen) atoms. The fourth-order valence-corrected chi connectivity index (χ4v) is 3.40. The van der Waals surface area contributed by atoms with Crippen LogP contribution in [0, 0.1) is 12.8 Å². The molecule has 7 heteroatoms. The number of aryl methyl sites for hydroxylation is 1. The van der Waals surface area contributed by atoms with Crippen LogP contribution in [0.25, 0.3) is 11.4 Å². The van der Waals surface area contributed by atoms with Gasteiger partial charge in [-0.05, 0) is 33.2 Å². The Morgan fingerprint density at radius 2 is 2.19 bits per heavy atom. The molecule has 1 saturated heterocycles. The topological polar surface area (TPSA) is 80.5 Å². The summed E-state index contributed by atoms with van der Waals surface area (Å²) in [4.78, 5) is 19.2. The number of aromatic nitrogens is 2. The third kappa shape index (κ3) is 5.37. The second kappa shape index (κ2) is 9.10. The third-order valence-corrected chi connectivity index (χ3v) is 4.82. The first-order chi connectivity index (χ1) is 13.0. The summed E-state index contributed by atoms with van der Waals surface area (Å²) in [6.45, 7) is 6.72. The lowest BCUT2D eigenvalue weighted by molar-refractivity contribution is -0.127. The molecule has 7 nitrogen and oxygen atoms in total. The van der Waals surface area contributed by atoms with Crippen molar-refractivity contribution in [1.29, 1.82) is 0 Å². The first kappa shape index (κ1) is 19.5. The van der Waals surface area contributed by atoms with E-state index in [1.807, 2.05) is 38.1 Å². The zero-order valence-electron chi connectivity index (χ0n) is 16.3. The van der Waals surface area contributed by atoms with Crippen LogP contribution in [0.5, 0.6) is 0 Å². The van der Waals surface area contributed by atoms with Gasteiger partial charge < -0.3 is 14.6 Å². The van der Waals surface area contributed by atoms with Crippen LogP contribution in [0.2, 0.25) is 0 Å². The number of likely N-dealkylation sites (tertiary alicyclic amines) is 1. The number of amides is 1. The molecule has 0 aliphatic carbocycles. The van der Waals surface area contributed by atoms with Crippen LogP contribution in [0.1, 0.15) is 31.2 Å². The van der Waals surface area contributed by atoms with Gasteiger partial charge in [0.2, 0.25) is 17.6 Å². The van der Waals surface area contributed by atoms with E-state index in [-0.39, 0.29) is 17.9 Å². The molecule has 1 N–H and O–H groups in total. The Labute approximate surface area is 160 Å². The number of rotatable bonds is 7. The van der Waals surface area contributed by atoms with Gasteiger partial charge >= 0.3 is 0 Å². The Morgan fingerprint density at radius 1 is 1.41 bits per heavy atom. The first-order valence-corrected chi connectivity index (χ1v) is 9.46. The molecule has 1 aromatic carbocycles. The number of methoxy groups -OCH3 is 1.